The largest absolute Gasteiger partial charge is 0.480 e. The predicted octanol–water partition coefficient (Wildman–Crippen LogP) is 0.310. The van der Waals surface area contributed by atoms with E-state index < -0.39 is 5.97 Å². The molecule has 2 aliphatic heterocycles. The molecule has 2 rings (SSSR count). The zero-order valence-corrected chi connectivity index (χ0v) is 12.9. The number of aliphatic carboxylic acids is 1. The number of morpholine rings is 1. The third-order valence-electron chi connectivity index (χ3n) is 3.91. The van der Waals surface area contributed by atoms with Crippen molar-refractivity contribution in [3.8, 4) is 0 Å². The summed E-state index contributed by atoms with van der Waals surface area (Å²) in [5.74, 6) is -0.815. The molecular weight excluding hydrogens is 274 g/mol. The molecule has 2 heterocycles. The Morgan fingerprint density at radius 1 is 1.10 bits per heavy atom. The number of hydrogen-bond acceptors (Lipinski definition) is 4. The Labute approximate surface area is 125 Å². The molecule has 0 aromatic rings. The van der Waals surface area contributed by atoms with Crippen LogP contribution in [0.1, 0.15) is 20.3 Å². The monoisotopic (exact) mass is 299 g/mol. The van der Waals surface area contributed by atoms with Crippen LogP contribution in [0.15, 0.2) is 0 Å². The topological polar surface area (TPSA) is 73.3 Å². The van der Waals surface area contributed by atoms with Crippen LogP contribution in [0.4, 0.5) is 4.79 Å². The van der Waals surface area contributed by atoms with E-state index >= 15 is 0 Å². The summed E-state index contributed by atoms with van der Waals surface area (Å²) in [6.07, 6.45) is 0.812. The molecule has 0 atom stereocenters. The van der Waals surface area contributed by atoms with Gasteiger partial charge >= 0.3 is 12.0 Å². The fraction of sp³-hybridized carbons (Fsp3) is 0.857. The first kappa shape index (κ1) is 16.0. The summed E-state index contributed by atoms with van der Waals surface area (Å²) in [5, 5.41) is 8.85. The first-order valence-corrected chi connectivity index (χ1v) is 7.49. The highest BCUT2D eigenvalue weighted by Crippen LogP contribution is 2.18. The summed E-state index contributed by atoms with van der Waals surface area (Å²) in [4.78, 5) is 28.9. The highest BCUT2D eigenvalue weighted by atomic mass is 16.5. The molecule has 0 aromatic carbocycles. The van der Waals surface area contributed by atoms with E-state index in [0.717, 1.165) is 13.0 Å². The zero-order valence-electron chi connectivity index (χ0n) is 12.9. The smallest absolute Gasteiger partial charge is 0.320 e. The van der Waals surface area contributed by atoms with Gasteiger partial charge in [0.2, 0.25) is 0 Å². The van der Waals surface area contributed by atoms with E-state index in [2.05, 4.69) is 0 Å². The van der Waals surface area contributed by atoms with Gasteiger partial charge in [0.15, 0.2) is 0 Å². The molecule has 0 aromatic heterocycles. The first-order chi connectivity index (χ1) is 9.87. The quantitative estimate of drug-likeness (QED) is 0.794. The van der Waals surface area contributed by atoms with Gasteiger partial charge in [0, 0.05) is 32.7 Å². The summed E-state index contributed by atoms with van der Waals surface area (Å²) in [7, 11) is 0. The van der Waals surface area contributed by atoms with E-state index in [1.165, 1.54) is 0 Å². The van der Waals surface area contributed by atoms with Gasteiger partial charge in [-0.2, -0.15) is 0 Å². The van der Waals surface area contributed by atoms with Crippen molar-refractivity contribution in [3.63, 3.8) is 0 Å². The summed E-state index contributed by atoms with van der Waals surface area (Å²) in [5.41, 5.74) is -0.297. The fourth-order valence-electron chi connectivity index (χ4n) is 2.89. The SMILES string of the molecule is CC1(C)CN(C(=O)N2CCCN(CC(=O)O)CC2)CCO1. The molecule has 2 aliphatic rings. The number of urea groups is 1. The van der Waals surface area contributed by atoms with Crippen LogP contribution in [0.2, 0.25) is 0 Å². The number of ether oxygens (including phenoxy) is 1. The minimum Gasteiger partial charge on any atom is -0.480 e. The summed E-state index contributed by atoms with van der Waals surface area (Å²) >= 11 is 0. The van der Waals surface area contributed by atoms with Gasteiger partial charge in [0.1, 0.15) is 0 Å². The van der Waals surface area contributed by atoms with E-state index in [9.17, 15) is 9.59 Å². The molecule has 0 radical (unpaired) electrons. The second-order valence-corrected chi connectivity index (χ2v) is 6.32. The Morgan fingerprint density at radius 3 is 2.52 bits per heavy atom. The van der Waals surface area contributed by atoms with Crippen molar-refractivity contribution in [3.05, 3.63) is 0 Å². The van der Waals surface area contributed by atoms with Gasteiger partial charge in [-0.1, -0.05) is 0 Å². The van der Waals surface area contributed by atoms with Crippen molar-refractivity contribution in [1.82, 2.24) is 14.7 Å². The van der Waals surface area contributed by atoms with Crippen molar-refractivity contribution in [2.45, 2.75) is 25.9 Å². The van der Waals surface area contributed by atoms with Gasteiger partial charge < -0.3 is 19.6 Å². The Bertz CT molecular complexity index is 400. The average molecular weight is 299 g/mol. The lowest BCUT2D eigenvalue weighted by Gasteiger charge is -2.40. The summed E-state index contributed by atoms with van der Waals surface area (Å²) in [6, 6.07) is 0.0450. The molecule has 2 amide bonds. The molecule has 120 valence electrons. The standard InChI is InChI=1S/C14H25N3O4/c1-14(2)11-17(8-9-21-14)13(20)16-5-3-4-15(6-7-16)10-12(18)19/h3-11H2,1-2H3,(H,18,19). The van der Waals surface area contributed by atoms with Crippen LogP contribution in [0, 0.1) is 0 Å². The van der Waals surface area contributed by atoms with Crippen molar-refractivity contribution in [2.24, 2.45) is 0 Å². The second-order valence-electron chi connectivity index (χ2n) is 6.32. The lowest BCUT2D eigenvalue weighted by atomic mass is 10.1. The molecular formula is C14H25N3O4. The highest BCUT2D eigenvalue weighted by molar-refractivity contribution is 5.74. The lowest BCUT2D eigenvalue weighted by Crippen LogP contribution is -2.54. The third-order valence-corrected chi connectivity index (χ3v) is 3.91. The van der Waals surface area contributed by atoms with Crippen LogP contribution < -0.4 is 0 Å². The molecule has 0 spiro atoms. The third kappa shape index (κ3) is 4.57. The van der Waals surface area contributed by atoms with Crippen LogP contribution >= 0.6 is 0 Å². The van der Waals surface area contributed by atoms with Gasteiger partial charge in [-0.15, -0.1) is 0 Å². The Balaban J connectivity index is 1.89. The van der Waals surface area contributed by atoms with E-state index in [0.29, 0.717) is 39.3 Å². The number of carboxylic acids is 1. The summed E-state index contributed by atoms with van der Waals surface area (Å²) in [6.45, 7) is 8.43. The van der Waals surface area contributed by atoms with E-state index in [-0.39, 0.29) is 18.2 Å². The number of carbonyl (C=O) groups excluding carboxylic acids is 1. The molecule has 21 heavy (non-hydrogen) atoms. The van der Waals surface area contributed by atoms with E-state index in [1.807, 2.05) is 28.5 Å². The minimum absolute atomic E-state index is 0.0450. The number of carboxylic acid groups (broad SMARTS) is 1. The Morgan fingerprint density at radius 2 is 1.86 bits per heavy atom. The normalized spacial score (nSPS) is 23.7. The number of amides is 2. The molecule has 0 saturated carbocycles. The maximum absolute atomic E-state index is 12.6. The lowest BCUT2D eigenvalue weighted by molar-refractivity contribution is -0.138. The van der Waals surface area contributed by atoms with Crippen LogP contribution in [-0.4, -0.2) is 89.8 Å². The molecule has 2 saturated heterocycles. The molecule has 0 bridgehead atoms. The van der Waals surface area contributed by atoms with E-state index in [4.69, 9.17) is 9.84 Å². The fourth-order valence-corrected chi connectivity index (χ4v) is 2.89. The van der Waals surface area contributed by atoms with Crippen LogP contribution in [0.3, 0.4) is 0 Å². The van der Waals surface area contributed by atoms with Gasteiger partial charge in [-0.3, -0.25) is 9.69 Å². The second kappa shape index (κ2) is 6.62. The highest BCUT2D eigenvalue weighted by Gasteiger charge is 2.32. The molecule has 7 nitrogen and oxygen atoms in total. The van der Waals surface area contributed by atoms with Crippen molar-refractivity contribution >= 4 is 12.0 Å². The van der Waals surface area contributed by atoms with Crippen LogP contribution in [0.25, 0.3) is 0 Å². The van der Waals surface area contributed by atoms with Gasteiger partial charge in [0.05, 0.1) is 25.3 Å². The van der Waals surface area contributed by atoms with Gasteiger partial charge in [-0.25, -0.2) is 4.79 Å². The molecule has 2 fully saturated rings. The number of rotatable bonds is 2. The van der Waals surface area contributed by atoms with Crippen LogP contribution in [-0.2, 0) is 9.53 Å². The average Bonchev–Trinajstić information content (AvgIpc) is 2.61. The zero-order chi connectivity index (χ0) is 15.5. The van der Waals surface area contributed by atoms with E-state index in [1.54, 1.807) is 0 Å². The number of nitrogens with zero attached hydrogens (tertiary/aromatic N) is 3. The molecule has 1 N–H and O–H groups in total. The molecule has 0 unspecified atom stereocenters. The minimum atomic E-state index is -0.815. The Hall–Kier alpha value is -1.34. The summed E-state index contributed by atoms with van der Waals surface area (Å²) < 4.78 is 5.63. The number of carbonyl (C=O) groups is 2. The van der Waals surface area contributed by atoms with Crippen molar-refractivity contribution in [2.75, 3.05) is 52.4 Å². The van der Waals surface area contributed by atoms with Crippen molar-refractivity contribution in [1.29, 1.82) is 0 Å². The first-order valence-electron chi connectivity index (χ1n) is 7.49. The van der Waals surface area contributed by atoms with Gasteiger partial charge in [0.25, 0.3) is 0 Å². The Kier molecular flexibility index (Phi) is 5.05. The van der Waals surface area contributed by atoms with Gasteiger partial charge in [-0.05, 0) is 20.3 Å². The maximum atomic E-state index is 12.6. The van der Waals surface area contributed by atoms with Crippen LogP contribution in [0.5, 0.6) is 0 Å². The molecule has 0 aliphatic carbocycles. The number of hydrogen-bond donors (Lipinski definition) is 1. The van der Waals surface area contributed by atoms with Crippen molar-refractivity contribution < 1.29 is 19.4 Å². The molecule has 7 heteroatoms. The predicted molar refractivity (Wildman–Crippen MR) is 77.3 cm³/mol. The maximum Gasteiger partial charge on any atom is 0.320 e.